The van der Waals surface area contributed by atoms with Gasteiger partial charge < -0.3 is 14.6 Å². The summed E-state index contributed by atoms with van der Waals surface area (Å²) in [5.41, 5.74) is 0.321. The number of carbonyl (C=O) groups excluding carboxylic acids is 1. The summed E-state index contributed by atoms with van der Waals surface area (Å²) in [7, 11) is 1.56. The minimum Gasteiger partial charge on any atom is -0.510 e. The monoisotopic (exact) mass is 264 g/mol. The number of carbonyl (C=O) groups is 1. The first kappa shape index (κ1) is 14.7. The first-order valence-electron chi connectivity index (χ1n) is 5.71. The van der Waals surface area contributed by atoms with E-state index in [9.17, 15) is 9.90 Å². The van der Waals surface area contributed by atoms with Crippen molar-refractivity contribution < 1.29 is 19.4 Å². The summed E-state index contributed by atoms with van der Waals surface area (Å²) in [6, 6.07) is 6.79. The van der Waals surface area contributed by atoms with Crippen molar-refractivity contribution >= 4 is 11.7 Å². The first-order chi connectivity index (χ1) is 9.08. The lowest BCUT2D eigenvalue weighted by atomic mass is 10.3. The van der Waals surface area contributed by atoms with Crippen molar-refractivity contribution in [3.8, 4) is 5.75 Å². The summed E-state index contributed by atoms with van der Waals surface area (Å²) in [5.74, 6) is -0.256. The number of aliphatic hydroxyl groups excluding tert-OH is 1. The molecule has 1 N–H and O–H groups in total. The Morgan fingerprint density at radius 2 is 1.95 bits per heavy atom. The van der Waals surface area contributed by atoms with Gasteiger partial charge in [0, 0.05) is 0 Å². The van der Waals surface area contributed by atoms with E-state index in [1.54, 1.807) is 38.3 Å². The fourth-order valence-electron chi connectivity index (χ4n) is 1.22. The van der Waals surface area contributed by atoms with Gasteiger partial charge in [0.25, 0.3) is 0 Å². The molecule has 0 fully saturated rings. The zero-order valence-electron chi connectivity index (χ0n) is 11.1. The van der Waals surface area contributed by atoms with E-state index in [-0.39, 0.29) is 18.1 Å². The molecule has 1 rings (SSSR count). The average molecular weight is 264 g/mol. The molecule has 0 aromatic heterocycles. The summed E-state index contributed by atoms with van der Waals surface area (Å²) in [6.45, 7) is 3.22. The molecule has 0 saturated heterocycles. The van der Waals surface area contributed by atoms with Crippen LogP contribution in [0.1, 0.15) is 13.8 Å². The van der Waals surface area contributed by atoms with Crippen molar-refractivity contribution in [2.75, 3.05) is 13.7 Å². The van der Waals surface area contributed by atoms with Crippen LogP contribution in [0.3, 0.4) is 0 Å². The van der Waals surface area contributed by atoms with Crippen LogP contribution in [0.4, 0.5) is 5.69 Å². The zero-order chi connectivity index (χ0) is 14.3. The third-order valence-corrected chi connectivity index (χ3v) is 2.15. The van der Waals surface area contributed by atoms with Crippen LogP contribution in [0, 0.1) is 0 Å². The predicted octanol–water partition coefficient (Wildman–Crippen LogP) is 3.13. The topological polar surface area (TPSA) is 80.5 Å². The number of allylic oxidation sites excluding steroid dienone is 1. The second kappa shape index (κ2) is 7.15. The lowest BCUT2D eigenvalue weighted by Crippen LogP contribution is -2.07. The van der Waals surface area contributed by atoms with Gasteiger partial charge in [0.15, 0.2) is 0 Å². The fourth-order valence-corrected chi connectivity index (χ4v) is 1.22. The summed E-state index contributed by atoms with van der Waals surface area (Å²) in [6.07, 6.45) is 0. The Hall–Kier alpha value is -2.37. The predicted molar refractivity (Wildman–Crippen MR) is 69.5 cm³/mol. The molecule has 6 heteroatoms. The van der Waals surface area contributed by atoms with E-state index in [0.29, 0.717) is 11.4 Å². The molecule has 0 atom stereocenters. The number of rotatable bonds is 5. The molecule has 0 unspecified atom stereocenters. The van der Waals surface area contributed by atoms with Gasteiger partial charge in [-0.1, -0.05) is 0 Å². The minimum absolute atomic E-state index is 0.202. The van der Waals surface area contributed by atoms with Crippen LogP contribution < -0.4 is 4.74 Å². The molecule has 0 bridgehead atoms. The van der Waals surface area contributed by atoms with E-state index in [0.717, 1.165) is 0 Å². The van der Waals surface area contributed by atoms with Crippen LogP contribution in [0.15, 0.2) is 46.0 Å². The zero-order valence-corrected chi connectivity index (χ0v) is 11.1. The largest absolute Gasteiger partial charge is 0.510 e. The maximum Gasteiger partial charge on any atom is 0.362 e. The third kappa shape index (κ3) is 4.42. The van der Waals surface area contributed by atoms with Gasteiger partial charge in [-0.05, 0) is 38.1 Å². The molecule has 6 nitrogen and oxygen atoms in total. The lowest BCUT2D eigenvalue weighted by molar-refractivity contribution is -0.138. The molecule has 0 radical (unpaired) electrons. The Labute approximate surface area is 111 Å². The maximum absolute atomic E-state index is 11.5. The highest BCUT2D eigenvalue weighted by Gasteiger charge is 2.13. The number of hydrogen-bond donors (Lipinski definition) is 1. The number of nitrogens with zero attached hydrogens (tertiary/aromatic N) is 2. The highest BCUT2D eigenvalue weighted by molar-refractivity contribution is 5.88. The molecule has 0 heterocycles. The Kier molecular flexibility index (Phi) is 5.53. The molecule has 0 aliphatic carbocycles. The number of benzene rings is 1. The van der Waals surface area contributed by atoms with E-state index in [2.05, 4.69) is 10.2 Å². The Morgan fingerprint density at radius 1 is 1.32 bits per heavy atom. The van der Waals surface area contributed by atoms with Crippen molar-refractivity contribution in [1.82, 2.24) is 0 Å². The van der Waals surface area contributed by atoms with Gasteiger partial charge in [0.2, 0.25) is 5.70 Å². The highest BCUT2D eigenvalue weighted by Crippen LogP contribution is 2.19. The summed E-state index contributed by atoms with van der Waals surface area (Å²) in [4.78, 5) is 11.5. The molecule has 19 heavy (non-hydrogen) atoms. The van der Waals surface area contributed by atoms with Crippen molar-refractivity contribution in [3.05, 3.63) is 35.7 Å². The molecular formula is C13H16N2O4. The number of azo groups is 1. The molecule has 0 amide bonds. The quantitative estimate of drug-likeness (QED) is 0.383. The van der Waals surface area contributed by atoms with Gasteiger partial charge >= 0.3 is 5.97 Å². The summed E-state index contributed by atoms with van der Waals surface area (Å²) < 4.78 is 9.77. The number of aliphatic hydroxyl groups is 1. The lowest BCUT2D eigenvalue weighted by Gasteiger charge is -2.02. The van der Waals surface area contributed by atoms with E-state index in [4.69, 9.17) is 9.47 Å². The molecule has 0 aliphatic rings. The van der Waals surface area contributed by atoms with E-state index < -0.39 is 5.97 Å². The van der Waals surface area contributed by atoms with Gasteiger partial charge in [-0.2, -0.15) is 5.11 Å². The standard InChI is InChI=1S/C13H16N2O4/c1-4-19-13(17)12(9(2)16)15-14-10-5-7-11(18-3)8-6-10/h5-8,16H,4H2,1-3H3/b12-9-,15-14?. The van der Waals surface area contributed by atoms with Gasteiger partial charge in [0.1, 0.15) is 11.5 Å². The minimum atomic E-state index is -0.709. The molecule has 0 aliphatic heterocycles. The fraction of sp³-hybridized carbons (Fsp3) is 0.308. The van der Waals surface area contributed by atoms with E-state index >= 15 is 0 Å². The number of esters is 1. The smallest absolute Gasteiger partial charge is 0.362 e. The van der Waals surface area contributed by atoms with Crippen LogP contribution >= 0.6 is 0 Å². The Morgan fingerprint density at radius 3 is 2.42 bits per heavy atom. The van der Waals surface area contributed by atoms with Crippen LogP contribution in [0.25, 0.3) is 0 Å². The SMILES string of the molecule is CCOC(=O)/C(N=Nc1ccc(OC)cc1)=C(\C)O. The van der Waals surface area contributed by atoms with Gasteiger partial charge in [-0.15, -0.1) is 5.11 Å². The normalized spacial score (nSPS) is 12.2. The second-order valence-electron chi connectivity index (χ2n) is 3.55. The van der Waals surface area contributed by atoms with Gasteiger partial charge in [0.05, 0.1) is 19.4 Å². The van der Waals surface area contributed by atoms with Crippen molar-refractivity contribution in [2.45, 2.75) is 13.8 Å². The maximum atomic E-state index is 11.5. The van der Waals surface area contributed by atoms with Gasteiger partial charge in [-0.25, -0.2) is 4.79 Å². The van der Waals surface area contributed by atoms with E-state index in [1.807, 2.05) is 0 Å². The first-order valence-corrected chi connectivity index (χ1v) is 5.71. The molecular weight excluding hydrogens is 248 g/mol. The molecule has 1 aromatic rings. The number of methoxy groups -OCH3 is 1. The van der Waals surface area contributed by atoms with Crippen LogP contribution in [0.5, 0.6) is 5.75 Å². The summed E-state index contributed by atoms with van der Waals surface area (Å²) in [5, 5.41) is 16.9. The second-order valence-corrected chi connectivity index (χ2v) is 3.55. The van der Waals surface area contributed by atoms with Crippen molar-refractivity contribution in [1.29, 1.82) is 0 Å². The van der Waals surface area contributed by atoms with E-state index in [1.165, 1.54) is 6.92 Å². The molecule has 0 saturated carbocycles. The molecule has 1 aromatic carbocycles. The van der Waals surface area contributed by atoms with Crippen LogP contribution in [-0.4, -0.2) is 24.8 Å². The Balaban J connectivity index is 2.87. The summed E-state index contributed by atoms with van der Waals surface area (Å²) >= 11 is 0. The van der Waals surface area contributed by atoms with Gasteiger partial charge in [-0.3, -0.25) is 0 Å². The van der Waals surface area contributed by atoms with Crippen LogP contribution in [-0.2, 0) is 9.53 Å². The van der Waals surface area contributed by atoms with Crippen molar-refractivity contribution in [2.24, 2.45) is 10.2 Å². The highest BCUT2D eigenvalue weighted by atomic mass is 16.5. The molecule has 102 valence electrons. The number of hydrogen-bond acceptors (Lipinski definition) is 6. The third-order valence-electron chi connectivity index (χ3n) is 2.15. The Bertz CT molecular complexity index is 488. The molecule has 0 spiro atoms. The number of ether oxygens (including phenoxy) is 2. The van der Waals surface area contributed by atoms with Crippen molar-refractivity contribution in [3.63, 3.8) is 0 Å². The van der Waals surface area contributed by atoms with Crippen LogP contribution in [0.2, 0.25) is 0 Å². The average Bonchev–Trinajstić information content (AvgIpc) is 2.39.